The van der Waals surface area contributed by atoms with Crippen molar-refractivity contribution >= 4 is 11.9 Å². The zero-order valence-electron chi connectivity index (χ0n) is 20.5. The lowest BCUT2D eigenvalue weighted by Crippen LogP contribution is -2.55. The second-order valence-electron chi connectivity index (χ2n) is 10.0. The number of amides is 3. The monoisotopic (exact) mass is 496 g/mol. The van der Waals surface area contributed by atoms with Gasteiger partial charge in [0, 0.05) is 55.9 Å². The molecule has 4 atom stereocenters. The van der Waals surface area contributed by atoms with Crippen LogP contribution in [0.15, 0.2) is 41.2 Å². The lowest BCUT2D eigenvalue weighted by molar-refractivity contribution is -0.138. The van der Waals surface area contributed by atoms with Gasteiger partial charge in [-0.15, -0.1) is 0 Å². The van der Waals surface area contributed by atoms with Gasteiger partial charge >= 0.3 is 6.03 Å². The summed E-state index contributed by atoms with van der Waals surface area (Å²) in [4.78, 5) is 44.1. The number of aromatic nitrogens is 1. The first-order valence-corrected chi connectivity index (χ1v) is 12.9. The van der Waals surface area contributed by atoms with Gasteiger partial charge in [0.2, 0.25) is 5.91 Å². The molecule has 5 rings (SSSR count). The molecule has 0 radical (unpaired) electrons. The van der Waals surface area contributed by atoms with E-state index in [0.29, 0.717) is 43.0 Å². The van der Waals surface area contributed by atoms with E-state index in [-0.39, 0.29) is 35.8 Å². The number of nitrogens with zero attached hydrogens (tertiary/aromatic N) is 3. The van der Waals surface area contributed by atoms with Gasteiger partial charge in [-0.25, -0.2) is 9.18 Å². The normalized spacial score (nSPS) is 25.0. The van der Waals surface area contributed by atoms with Crippen LogP contribution in [0.5, 0.6) is 0 Å². The Bertz CT molecular complexity index is 1190. The van der Waals surface area contributed by atoms with Gasteiger partial charge in [0.05, 0.1) is 6.04 Å². The summed E-state index contributed by atoms with van der Waals surface area (Å²) in [5.74, 6) is -1.24. The zero-order valence-corrected chi connectivity index (χ0v) is 20.5. The van der Waals surface area contributed by atoms with E-state index < -0.39 is 18.0 Å². The summed E-state index contributed by atoms with van der Waals surface area (Å²) < 4.78 is 15.1. The summed E-state index contributed by atoms with van der Waals surface area (Å²) in [5, 5.41) is 13.4. The predicted octanol–water partition coefficient (Wildman–Crippen LogP) is 2.75. The van der Waals surface area contributed by atoms with Crippen LogP contribution in [0, 0.1) is 17.7 Å². The average Bonchev–Trinajstić information content (AvgIpc) is 3.43. The number of hydrogen-bond acceptors (Lipinski definition) is 4. The number of rotatable bonds is 5. The molecular weight excluding hydrogens is 463 g/mol. The van der Waals surface area contributed by atoms with Crippen molar-refractivity contribution in [3.63, 3.8) is 0 Å². The third-order valence-electron chi connectivity index (χ3n) is 7.91. The highest BCUT2D eigenvalue weighted by Gasteiger charge is 2.58. The highest BCUT2D eigenvalue weighted by Crippen LogP contribution is 2.49. The summed E-state index contributed by atoms with van der Waals surface area (Å²) in [5.41, 5.74) is 1.50. The lowest BCUT2D eigenvalue weighted by Gasteiger charge is -2.36. The maximum atomic E-state index is 13.7. The lowest BCUT2D eigenvalue weighted by atomic mass is 9.88. The van der Waals surface area contributed by atoms with Crippen LogP contribution in [0.2, 0.25) is 0 Å². The molecule has 0 spiro atoms. The molecule has 1 aromatic carbocycles. The molecule has 2 aromatic rings. The minimum absolute atomic E-state index is 0.119. The molecule has 0 saturated carbocycles. The Labute approximate surface area is 209 Å². The van der Waals surface area contributed by atoms with Crippen LogP contribution in [0.4, 0.5) is 9.18 Å². The van der Waals surface area contributed by atoms with Gasteiger partial charge in [0.25, 0.3) is 5.56 Å². The first kappa shape index (κ1) is 24.5. The number of hydrogen-bond donors (Lipinski definition) is 2. The van der Waals surface area contributed by atoms with Crippen molar-refractivity contribution < 1.29 is 19.1 Å². The molecule has 4 heterocycles. The van der Waals surface area contributed by atoms with Crippen molar-refractivity contribution in [3.05, 3.63) is 58.3 Å². The summed E-state index contributed by atoms with van der Waals surface area (Å²) >= 11 is 0. The van der Waals surface area contributed by atoms with Gasteiger partial charge in [0.1, 0.15) is 11.9 Å². The molecule has 2 saturated heterocycles. The summed E-state index contributed by atoms with van der Waals surface area (Å²) in [7, 11) is 0. The van der Waals surface area contributed by atoms with Crippen LogP contribution in [0.1, 0.15) is 44.3 Å². The Morgan fingerprint density at radius 3 is 2.47 bits per heavy atom. The smallest absolute Gasteiger partial charge is 0.318 e. The summed E-state index contributed by atoms with van der Waals surface area (Å²) in [6, 6.07) is 7.70. The highest BCUT2D eigenvalue weighted by molar-refractivity contribution is 5.89. The second kappa shape index (κ2) is 10.0. The number of aliphatic hydroxyl groups is 1. The van der Waals surface area contributed by atoms with Crippen molar-refractivity contribution in [1.29, 1.82) is 0 Å². The first-order valence-electron chi connectivity index (χ1n) is 12.9. The third-order valence-corrected chi connectivity index (χ3v) is 7.91. The van der Waals surface area contributed by atoms with E-state index in [1.807, 2.05) is 17.9 Å². The fraction of sp³-hybridized carbons (Fsp3) is 0.519. The number of benzene rings is 1. The minimum Gasteiger partial charge on any atom is -0.396 e. The molecule has 2 N–H and O–H groups in total. The fourth-order valence-corrected chi connectivity index (χ4v) is 6.16. The van der Waals surface area contributed by atoms with E-state index in [4.69, 9.17) is 0 Å². The van der Waals surface area contributed by atoms with E-state index in [0.717, 1.165) is 25.7 Å². The SMILES string of the molecule is CCCNC(=O)N1[C@@H]2c3ccc(-c4ccc(F)cc4)c(=O)n3C[C@@H]2[C@@H](CO)[C@@H]1C(=O)N1CCCCC1. The van der Waals surface area contributed by atoms with Crippen molar-refractivity contribution in [2.45, 2.75) is 51.2 Å². The second-order valence-corrected chi connectivity index (χ2v) is 10.0. The molecule has 3 amide bonds. The molecule has 8 nitrogen and oxygen atoms in total. The maximum absolute atomic E-state index is 13.7. The van der Waals surface area contributed by atoms with Crippen LogP contribution in [0.25, 0.3) is 11.1 Å². The largest absolute Gasteiger partial charge is 0.396 e. The standard InChI is InChI=1S/C27H33FN4O4/c1-2-12-29-27(36)32-23-20(21(16-33)24(32)26(35)30-13-4-3-5-14-30)15-31-22(23)11-10-19(25(31)34)17-6-8-18(28)9-7-17/h6-11,20-21,23-24,33H,2-5,12-16H2,1H3,(H,29,36)/t20-,21-,23+,24-/m1/s1. The predicted molar refractivity (Wildman–Crippen MR) is 133 cm³/mol. The Morgan fingerprint density at radius 2 is 1.81 bits per heavy atom. The summed E-state index contributed by atoms with van der Waals surface area (Å²) in [6.45, 7) is 3.80. The van der Waals surface area contributed by atoms with Crippen molar-refractivity contribution in [3.8, 4) is 11.1 Å². The Hall–Kier alpha value is -3.20. The highest BCUT2D eigenvalue weighted by atomic mass is 19.1. The fourth-order valence-electron chi connectivity index (χ4n) is 6.16. The van der Waals surface area contributed by atoms with Crippen LogP contribution < -0.4 is 10.9 Å². The molecule has 2 fully saturated rings. The number of urea groups is 1. The topological polar surface area (TPSA) is 94.9 Å². The number of carbonyl (C=O) groups is 2. The molecule has 3 aliphatic rings. The first-order chi connectivity index (χ1) is 17.5. The zero-order chi connectivity index (χ0) is 25.4. The van der Waals surface area contributed by atoms with E-state index in [2.05, 4.69) is 5.32 Å². The molecule has 3 aliphatic heterocycles. The van der Waals surface area contributed by atoms with E-state index >= 15 is 0 Å². The van der Waals surface area contributed by atoms with Crippen LogP contribution in [-0.4, -0.2) is 63.7 Å². The number of piperidine rings is 1. The van der Waals surface area contributed by atoms with Gasteiger partial charge in [-0.2, -0.15) is 0 Å². The van der Waals surface area contributed by atoms with Gasteiger partial charge in [-0.3, -0.25) is 9.59 Å². The number of likely N-dealkylation sites (tertiary alicyclic amines) is 2. The summed E-state index contributed by atoms with van der Waals surface area (Å²) in [6.07, 6.45) is 3.69. The van der Waals surface area contributed by atoms with E-state index in [9.17, 15) is 23.9 Å². The Balaban J connectivity index is 1.55. The molecule has 0 aliphatic carbocycles. The molecule has 9 heteroatoms. The maximum Gasteiger partial charge on any atom is 0.318 e. The molecule has 36 heavy (non-hydrogen) atoms. The minimum atomic E-state index is -0.777. The third kappa shape index (κ3) is 4.09. The van der Waals surface area contributed by atoms with E-state index in [1.54, 1.807) is 27.7 Å². The Morgan fingerprint density at radius 1 is 1.08 bits per heavy atom. The van der Waals surface area contributed by atoms with Gasteiger partial charge in [0.15, 0.2) is 0 Å². The number of carbonyl (C=O) groups excluding carboxylic acids is 2. The number of aliphatic hydroxyl groups excluding tert-OH is 1. The van der Waals surface area contributed by atoms with Crippen LogP contribution in [0.3, 0.4) is 0 Å². The molecule has 0 bridgehead atoms. The molecular formula is C27H33FN4O4. The number of fused-ring (bicyclic) bond motifs is 3. The van der Waals surface area contributed by atoms with Crippen molar-refractivity contribution in [2.24, 2.45) is 11.8 Å². The van der Waals surface area contributed by atoms with Crippen molar-refractivity contribution in [2.75, 3.05) is 26.2 Å². The quantitative estimate of drug-likeness (QED) is 0.666. The van der Waals surface area contributed by atoms with E-state index in [1.165, 1.54) is 12.1 Å². The number of halogens is 1. The molecule has 192 valence electrons. The number of pyridine rings is 1. The van der Waals surface area contributed by atoms with Crippen LogP contribution >= 0.6 is 0 Å². The van der Waals surface area contributed by atoms with Gasteiger partial charge < -0.3 is 24.8 Å². The van der Waals surface area contributed by atoms with Gasteiger partial charge in [-0.05, 0) is 55.5 Å². The van der Waals surface area contributed by atoms with Crippen LogP contribution in [-0.2, 0) is 11.3 Å². The number of nitrogens with one attached hydrogen (secondary N) is 1. The Kier molecular flexibility index (Phi) is 6.83. The molecule has 0 unspecified atom stereocenters. The molecule has 1 aromatic heterocycles. The average molecular weight is 497 g/mol. The van der Waals surface area contributed by atoms with Crippen molar-refractivity contribution in [1.82, 2.24) is 19.7 Å². The van der Waals surface area contributed by atoms with Gasteiger partial charge in [-0.1, -0.05) is 19.1 Å².